The number of carbonyl (C=O) groups excluding carboxylic acids is 2. The number of nitrogens with one attached hydrogen (secondary N) is 2. The summed E-state index contributed by atoms with van der Waals surface area (Å²) in [4.78, 5) is 23.0. The number of carbonyl (C=O) groups is 2. The molecule has 0 spiro atoms. The van der Waals surface area contributed by atoms with Crippen molar-refractivity contribution in [1.82, 2.24) is 5.32 Å². The summed E-state index contributed by atoms with van der Waals surface area (Å²) in [5, 5.41) is 13.8. The molecule has 1 aromatic rings. The van der Waals surface area contributed by atoms with Crippen LogP contribution < -0.4 is 10.6 Å². The summed E-state index contributed by atoms with van der Waals surface area (Å²) in [6.45, 7) is 3.43. The molecule has 1 atom stereocenters. The minimum Gasteiger partial charge on any atom is -0.393 e. The lowest BCUT2D eigenvalue weighted by Gasteiger charge is -2.09. The molecular weight excluding hydrogens is 251 g/mol. The van der Waals surface area contributed by atoms with Crippen molar-refractivity contribution in [3.05, 3.63) is 29.6 Å². The SMILES string of the molecule is Cc1cc(F)ccc1NC(=O)C(=O)NCCC(C)O. The molecule has 0 fully saturated rings. The Morgan fingerprint density at radius 1 is 1.37 bits per heavy atom. The van der Waals surface area contributed by atoms with Gasteiger partial charge in [-0.2, -0.15) is 0 Å². The maximum atomic E-state index is 12.9. The number of benzene rings is 1. The van der Waals surface area contributed by atoms with E-state index in [1.165, 1.54) is 18.2 Å². The number of halogens is 1. The predicted molar refractivity (Wildman–Crippen MR) is 69.1 cm³/mol. The number of aliphatic hydroxyl groups is 1. The van der Waals surface area contributed by atoms with Crippen LogP contribution in [0.4, 0.5) is 10.1 Å². The Morgan fingerprint density at radius 3 is 2.63 bits per heavy atom. The number of anilines is 1. The average Bonchev–Trinajstić information content (AvgIpc) is 2.32. The third kappa shape index (κ3) is 5.05. The normalized spacial score (nSPS) is 11.8. The maximum Gasteiger partial charge on any atom is 0.313 e. The number of hydrogen-bond acceptors (Lipinski definition) is 3. The molecule has 0 heterocycles. The summed E-state index contributed by atoms with van der Waals surface area (Å²) < 4.78 is 12.9. The minimum absolute atomic E-state index is 0.215. The van der Waals surface area contributed by atoms with Crippen molar-refractivity contribution in [3.63, 3.8) is 0 Å². The topological polar surface area (TPSA) is 78.4 Å². The van der Waals surface area contributed by atoms with Gasteiger partial charge in [-0.3, -0.25) is 9.59 Å². The van der Waals surface area contributed by atoms with Gasteiger partial charge in [-0.15, -0.1) is 0 Å². The highest BCUT2D eigenvalue weighted by Gasteiger charge is 2.14. The van der Waals surface area contributed by atoms with E-state index in [4.69, 9.17) is 5.11 Å². The van der Waals surface area contributed by atoms with Gasteiger partial charge in [0.25, 0.3) is 0 Å². The van der Waals surface area contributed by atoms with Crippen molar-refractivity contribution in [2.24, 2.45) is 0 Å². The van der Waals surface area contributed by atoms with Crippen LogP contribution in [0.15, 0.2) is 18.2 Å². The molecule has 0 bridgehead atoms. The van der Waals surface area contributed by atoms with Crippen molar-refractivity contribution in [3.8, 4) is 0 Å². The van der Waals surface area contributed by atoms with E-state index in [2.05, 4.69) is 10.6 Å². The van der Waals surface area contributed by atoms with Gasteiger partial charge in [0.05, 0.1) is 6.10 Å². The summed E-state index contributed by atoms with van der Waals surface area (Å²) in [5.41, 5.74) is 0.919. The monoisotopic (exact) mass is 268 g/mol. The first-order valence-corrected chi connectivity index (χ1v) is 5.93. The molecule has 2 amide bonds. The lowest BCUT2D eigenvalue weighted by Crippen LogP contribution is -2.36. The lowest BCUT2D eigenvalue weighted by atomic mass is 10.2. The molecule has 0 aliphatic heterocycles. The van der Waals surface area contributed by atoms with E-state index in [1.807, 2.05) is 0 Å². The van der Waals surface area contributed by atoms with Gasteiger partial charge in [0.1, 0.15) is 5.82 Å². The van der Waals surface area contributed by atoms with Gasteiger partial charge in [-0.25, -0.2) is 4.39 Å². The van der Waals surface area contributed by atoms with Gasteiger partial charge >= 0.3 is 11.8 Å². The highest BCUT2D eigenvalue weighted by Crippen LogP contribution is 2.15. The molecule has 1 unspecified atom stereocenters. The first-order chi connectivity index (χ1) is 8.90. The van der Waals surface area contributed by atoms with E-state index in [9.17, 15) is 14.0 Å². The smallest absolute Gasteiger partial charge is 0.313 e. The van der Waals surface area contributed by atoms with Crippen molar-refractivity contribution in [2.75, 3.05) is 11.9 Å². The molecule has 0 saturated carbocycles. The molecule has 6 heteroatoms. The number of rotatable bonds is 4. The van der Waals surface area contributed by atoms with Crippen LogP contribution in [-0.2, 0) is 9.59 Å². The molecule has 0 saturated heterocycles. The van der Waals surface area contributed by atoms with Crippen LogP contribution in [0.5, 0.6) is 0 Å². The van der Waals surface area contributed by atoms with Crippen molar-refractivity contribution < 1.29 is 19.1 Å². The molecule has 104 valence electrons. The molecule has 0 radical (unpaired) electrons. The Morgan fingerprint density at radius 2 is 2.05 bits per heavy atom. The summed E-state index contributed by atoms with van der Waals surface area (Å²) >= 11 is 0. The summed E-state index contributed by atoms with van der Waals surface area (Å²) in [5.74, 6) is -2.01. The van der Waals surface area contributed by atoms with Gasteiger partial charge in [0.2, 0.25) is 0 Å². The van der Waals surface area contributed by atoms with E-state index in [0.29, 0.717) is 17.7 Å². The number of aliphatic hydroxyl groups excluding tert-OH is 1. The van der Waals surface area contributed by atoms with Crippen LogP contribution in [0.2, 0.25) is 0 Å². The molecule has 0 aliphatic rings. The van der Waals surface area contributed by atoms with Crippen LogP contribution in [0.25, 0.3) is 0 Å². The minimum atomic E-state index is -0.819. The largest absolute Gasteiger partial charge is 0.393 e. The van der Waals surface area contributed by atoms with Gasteiger partial charge in [0, 0.05) is 12.2 Å². The molecule has 1 aromatic carbocycles. The van der Waals surface area contributed by atoms with E-state index < -0.39 is 23.7 Å². The van der Waals surface area contributed by atoms with E-state index in [1.54, 1.807) is 13.8 Å². The van der Waals surface area contributed by atoms with Crippen molar-refractivity contribution in [1.29, 1.82) is 0 Å². The Kier molecular flexibility index (Phi) is 5.44. The molecule has 19 heavy (non-hydrogen) atoms. The Balaban J connectivity index is 2.52. The van der Waals surface area contributed by atoms with Crippen LogP contribution in [0.1, 0.15) is 18.9 Å². The molecule has 1 rings (SSSR count). The standard InChI is InChI=1S/C13H17FN2O3/c1-8-7-10(14)3-4-11(8)16-13(19)12(18)15-6-5-9(2)17/h3-4,7,9,17H,5-6H2,1-2H3,(H,15,18)(H,16,19). The molecule has 3 N–H and O–H groups in total. The Labute approximate surface area is 110 Å². The van der Waals surface area contributed by atoms with Crippen LogP contribution in [0, 0.1) is 12.7 Å². The molecule has 0 aromatic heterocycles. The van der Waals surface area contributed by atoms with Crippen LogP contribution in [-0.4, -0.2) is 29.6 Å². The highest BCUT2D eigenvalue weighted by atomic mass is 19.1. The fraction of sp³-hybridized carbons (Fsp3) is 0.385. The van der Waals surface area contributed by atoms with Crippen LogP contribution in [0.3, 0.4) is 0 Å². The van der Waals surface area contributed by atoms with Gasteiger partial charge < -0.3 is 15.7 Å². The molecule has 0 aliphatic carbocycles. The summed E-state index contributed by atoms with van der Waals surface area (Å²) in [7, 11) is 0. The quantitative estimate of drug-likeness (QED) is 0.712. The van der Waals surface area contributed by atoms with E-state index >= 15 is 0 Å². The lowest BCUT2D eigenvalue weighted by molar-refractivity contribution is -0.136. The molecular formula is C13H17FN2O3. The Hall–Kier alpha value is -1.95. The second-order valence-electron chi connectivity index (χ2n) is 4.31. The molecule has 5 nitrogen and oxygen atoms in total. The number of amides is 2. The van der Waals surface area contributed by atoms with Gasteiger partial charge in [0.15, 0.2) is 0 Å². The van der Waals surface area contributed by atoms with Gasteiger partial charge in [-0.05, 0) is 44.0 Å². The first kappa shape index (κ1) is 15.1. The van der Waals surface area contributed by atoms with E-state index in [0.717, 1.165) is 0 Å². The fourth-order valence-corrected chi connectivity index (χ4v) is 1.42. The van der Waals surface area contributed by atoms with Crippen molar-refractivity contribution in [2.45, 2.75) is 26.4 Å². The third-order valence-corrected chi connectivity index (χ3v) is 2.49. The maximum absolute atomic E-state index is 12.9. The second-order valence-corrected chi connectivity index (χ2v) is 4.31. The van der Waals surface area contributed by atoms with Gasteiger partial charge in [-0.1, -0.05) is 0 Å². The third-order valence-electron chi connectivity index (χ3n) is 2.49. The zero-order valence-corrected chi connectivity index (χ0v) is 10.9. The predicted octanol–water partition coefficient (Wildman–Crippen LogP) is 0.960. The summed E-state index contributed by atoms with van der Waals surface area (Å²) in [6.07, 6.45) is -0.170. The fourth-order valence-electron chi connectivity index (χ4n) is 1.42. The first-order valence-electron chi connectivity index (χ1n) is 5.93. The Bertz CT molecular complexity index is 475. The van der Waals surface area contributed by atoms with Crippen molar-refractivity contribution >= 4 is 17.5 Å². The van der Waals surface area contributed by atoms with E-state index in [-0.39, 0.29) is 6.54 Å². The average molecular weight is 268 g/mol. The number of hydrogen-bond donors (Lipinski definition) is 3. The summed E-state index contributed by atoms with van der Waals surface area (Å²) in [6, 6.07) is 3.86. The zero-order chi connectivity index (χ0) is 14.4. The second kappa shape index (κ2) is 6.84. The van der Waals surface area contributed by atoms with Crippen LogP contribution >= 0.6 is 0 Å². The number of aryl methyl sites for hydroxylation is 1. The highest BCUT2D eigenvalue weighted by molar-refractivity contribution is 6.39. The zero-order valence-electron chi connectivity index (χ0n) is 10.9.